The van der Waals surface area contributed by atoms with E-state index in [4.69, 9.17) is 13.9 Å². The van der Waals surface area contributed by atoms with Gasteiger partial charge in [0.1, 0.15) is 31.1 Å². The summed E-state index contributed by atoms with van der Waals surface area (Å²) in [6, 6.07) is 7.87. The SMILES string of the molecule is C[C@@]1(c2ccc3c(c2)OCCO3)NC(=O)N(CC(=O)NCc2ccco2)C1=O. The molecule has 1 aromatic carbocycles. The standard InChI is InChI=1S/C19H19N3O6/c1-19(12-4-5-14-15(9-12)28-8-7-27-14)17(24)22(18(25)21-19)11-16(23)20-10-13-3-2-6-26-13/h2-6,9H,7-8,10-11H2,1H3,(H,20,23)(H,21,25)/t19-/m0/s1. The number of furan rings is 1. The molecule has 28 heavy (non-hydrogen) atoms. The Labute approximate surface area is 160 Å². The van der Waals surface area contributed by atoms with Crippen molar-refractivity contribution in [2.75, 3.05) is 19.8 Å². The zero-order valence-corrected chi connectivity index (χ0v) is 15.2. The van der Waals surface area contributed by atoms with Crippen LogP contribution >= 0.6 is 0 Å². The largest absolute Gasteiger partial charge is 0.486 e. The maximum absolute atomic E-state index is 12.9. The van der Waals surface area contributed by atoms with Gasteiger partial charge in [0.05, 0.1) is 12.8 Å². The van der Waals surface area contributed by atoms with Crippen LogP contribution in [0.5, 0.6) is 11.5 Å². The molecule has 9 heteroatoms. The Bertz CT molecular complexity index is 926. The number of carbonyl (C=O) groups excluding carboxylic acids is 3. The van der Waals surface area contributed by atoms with Crippen LogP contribution in [0.1, 0.15) is 18.2 Å². The molecule has 1 saturated heterocycles. The maximum Gasteiger partial charge on any atom is 0.325 e. The van der Waals surface area contributed by atoms with E-state index in [1.54, 1.807) is 37.3 Å². The van der Waals surface area contributed by atoms with Crippen LogP contribution in [0.3, 0.4) is 0 Å². The van der Waals surface area contributed by atoms with Crippen molar-refractivity contribution in [2.24, 2.45) is 0 Å². The number of nitrogens with zero attached hydrogens (tertiary/aromatic N) is 1. The fourth-order valence-electron chi connectivity index (χ4n) is 3.19. The van der Waals surface area contributed by atoms with Crippen LogP contribution in [0, 0.1) is 0 Å². The van der Waals surface area contributed by atoms with Crippen LogP contribution in [0.15, 0.2) is 41.0 Å². The van der Waals surface area contributed by atoms with Crippen LogP contribution in [0.2, 0.25) is 0 Å². The molecule has 4 amide bonds. The molecule has 2 aromatic rings. The maximum atomic E-state index is 12.9. The summed E-state index contributed by atoms with van der Waals surface area (Å²) in [6.07, 6.45) is 1.50. The number of fused-ring (bicyclic) bond motifs is 1. The van der Waals surface area contributed by atoms with Gasteiger partial charge in [-0.05, 0) is 36.8 Å². The normalized spacial score (nSPS) is 20.8. The van der Waals surface area contributed by atoms with Crippen molar-refractivity contribution in [3.05, 3.63) is 47.9 Å². The van der Waals surface area contributed by atoms with Gasteiger partial charge in [-0.15, -0.1) is 0 Å². The summed E-state index contributed by atoms with van der Waals surface area (Å²) in [5.41, 5.74) is -0.748. The molecule has 2 aliphatic rings. The van der Waals surface area contributed by atoms with E-state index in [0.29, 0.717) is 36.0 Å². The molecule has 0 radical (unpaired) electrons. The first-order valence-corrected chi connectivity index (χ1v) is 8.81. The van der Waals surface area contributed by atoms with Gasteiger partial charge in [-0.2, -0.15) is 0 Å². The minimum absolute atomic E-state index is 0.176. The summed E-state index contributed by atoms with van der Waals surface area (Å²) in [7, 11) is 0. The molecule has 2 N–H and O–H groups in total. The lowest BCUT2D eigenvalue weighted by molar-refractivity contribution is -0.134. The monoisotopic (exact) mass is 385 g/mol. The average molecular weight is 385 g/mol. The first-order chi connectivity index (χ1) is 13.5. The molecule has 1 fully saturated rings. The topological polar surface area (TPSA) is 110 Å². The van der Waals surface area contributed by atoms with Crippen LogP contribution < -0.4 is 20.1 Å². The van der Waals surface area contributed by atoms with E-state index < -0.39 is 23.4 Å². The first-order valence-electron chi connectivity index (χ1n) is 8.81. The minimum Gasteiger partial charge on any atom is -0.486 e. The summed E-state index contributed by atoms with van der Waals surface area (Å²) in [5.74, 6) is 0.700. The third-order valence-corrected chi connectivity index (χ3v) is 4.74. The molecule has 0 bridgehead atoms. The van der Waals surface area contributed by atoms with Gasteiger partial charge in [0.2, 0.25) is 5.91 Å². The van der Waals surface area contributed by atoms with E-state index in [1.807, 2.05) is 0 Å². The van der Waals surface area contributed by atoms with E-state index in [1.165, 1.54) is 6.26 Å². The van der Waals surface area contributed by atoms with Crippen molar-refractivity contribution in [1.29, 1.82) is 0 Å². The van der Waals surface area contributed by atoms with E-state index in [0.717, 1.165) is 4.90 Å². The molecule has 0 aliphatic carbocycles. The summed E-state index contributed by atoms with van der Waals surface area (Å²) in [4.78, 5) is 38.4. The number of imide groups is 1. The van der Waals surface area contributed by atoms with Crippen molar-refractivity contribution in [3.63, 3.8) is 0 Å². The van der Waals surface area contributed by atoms with Crippen LogP contribution in [-0.2, 0) is 21.7 Å². The van der Waals surface area contributed by atoms with E-state index >= 15 is 0 Å². The molecule has 1 atom stereocenters. The van der Waals surface area contributed by atoms with Gasteiger partial charge in [0, 0.05) is 0 Å². The molecule has 146 valence electrons. The summed E-state index contributed by atoms with van der Waals surface area (Å²) in [6.45, 7) is 2.26. The molecule has 9 nitrogen and oxygen atoms in total. The number of ether oxygens (including phenoxy) is 2. The minimum atomic E-state index is -1.30. The number of hydrogen-bond acceptors (Lipinski definition) is 6. The number of carbonyl (C=O) groups is 3. The second kappa shape index (κ2) is 6.91. The van der Waals surface area contributed by atoms with Gasteiger partial charge < -0.3 is 24.5 Å². The highest BCUT2D eigenvalue weighted by atomic mass is 16.6. The zero-order valence-electron chi connectivity index (χ0n) is 15.2. The van der Waals surface area contributed by atoms with Crippen LogP contribution in [-0.4, -0.2) is 42.5 Å². The van der Waals surface area contributed by atoms with Crippen molar-refractivity contribution < 1.29 is 28.3 Å². The number of urea groups is 1. The zero-order chi connectivity index (χ0) is 19.7. The third kappa shape index (κ3) is 3.15. The van der Waals surface area contributed by atoms with E-state index in [9.17, 15) is 14.4 Å². The highest BCUT2D eigenvalue weighted by Gasteiger charge is 2.49. The number of hydrogen-bond donors (Lipinski definition) is 2. The number of rotatable bonds is 5. The molecule has 0 unspecified atom stereocenters. The third-order valence-electron chi connectivity index (χ3n) is 4.74. The van der Waals surface area contributed by atoms with Gasteiger partial charge in [-0.3, -0.25) is 14.5 Å². The molecule has 1 aromatic heterocycles. The quantitative estimate of drug-likeness (QED) is 0.747. The van der Waals surface area contributed by atoms with Crippen LogP contribution in [0.4, 0.5) is 4.79 Å². The number of amides is 4. The lowest BCUT2D eigenvalue weighted by Gasteiger charge is -2.25. The highest BCUT2D eigenvalue weighted by molar-refractivity contribution is 6.09. The second-order valence-electron chi connectivity index (χ2n) is 6.66. The van der Waals surface area contributed by atoms with Gasteiger partial charge in [-0.1, -0.05) is 6.07 Å². The fraction of sp³-hybridized carbons (Fsp3) is 0.316. The Morgan fingerprint density at radius 3 is 2.75 bits per heavy atom. The molecule has 0 saturated carbocycles. The predicted octanol–water partition coefficient (Wildman–Crippen LogP) is 1.13. The lowest BCUT2D eigenvalue weighted by Crippen LogP contribution is -2.43. The van der Waals surface area contributed by atoms with Crippen molar-refractivity contribution in [1.82, 2.24) is 15.5 Å². The molecular weight excluding hydrogens is 366 g/mol. The molecular formula is C19H19N3O6. The molecule has 2 aliphatic heterocycles. The molecule has 0 spiro atoms. The number of nitrogens with one attached hydrogen (secondary N) is 2. The first kappa shape index (κ1) is 17.9. The van der Waals surface area contributed by atoms with E-state index in [-0.39, 0.29) is 13.1 Å². The van der Waals surface area contributed by atoms with Gasteiger partial charge in [-0.25, -0.2) is 4.79 Å². The molecule has 4 rings (SSSR count). The summed E-state index contributed by atoms with van der Waals surface area (Å²) >= 11 is 0. The molecule has 3 heterocycles. The fourth-order valence-corrected chi connectivity index (χ4v) is 3.19. The van der Waals surface area contributed by atoms with Gasteiger partial charge in [0.25, 0.3) is 5.91 Å². The number of benzene rings is 1. The second-order valence-corrected chi connectivity index (χ2v) is 6.66. The Balaban J connectivity index is 1.47. The Kier molecular flexibility index (Phi) is 4.42. The van der Waals surface area contributed by atoms with Crippen molar-refractivity contribution in [3.8, 4) is 11.5 Å². The lowest BCUT2D eigenvalue weighted by atomic mass is 9.91. The average Bonchev–Trinajstić information content (AvgIpc) is 3.29. The van der Waals surface area contributed by atoms with Crippen LogP contribution in [0.25, 0.3) is 0 Å². The predicted molar refractivity (Wildman–Crippen MR) is 95.6 cm³/mol. The van der Waals surface area contributed by atoms with Crippen molar-refractivity contribution in [2.45, 2.75) is 19.0 Å². The smallest absolute Gasteiger partial charge is 0.325 e. The highest BCUT2D eigenvalue weighted by Crippen LogP contribution is 2.36. The Hall–Kier alpha value is -3.49. The van der Waals surface area contributed by atoms with Gasteiger partial charge in [0.15, 0.2) is 11.5 Å². The Morgan fingerprint density at radius 1 is 1.21 bits per heavy atom. The van der Waals surface area contributed by atoms with E-state index in [2.05, 4.69) is 10.6 Å². The van der Waals surface area contributed by atoms with Gasteiger partial charge >= 0.3 is 6.03 Å². The summed E-state index contributed by atoms with van der Waals surface area (Å²) < 4.78 is 16.2. The summed E-state index contributed by atoms with van der Waals surface area (Å²) in [5, 5.41) is 5.29. The Morgan fingerprint density at radius 2 is 2.00 bits per heavy atom. The van der Waals surface area contributed by atoms with Crippen molar-refractivity contribution >= 4 is 17.8 Å².